The van der Waals surface area contributed by atoms with Gasteiger partial charge in [-0.25, -0.2) is 9.97 Å². The normalized spacial score (nSPS) is 15.8. The number of para-hydroxylation sites is 1. The van der Waals surface area contributed by atoms with Gasteiger partial charge < -0.3 is 15.0 Å². The maximum absolute atomic E-state index is 4.78. The fraction of sp³-hybridized carbons (Fsp3) is 0.324. The summed E-state index contributed by atoms with van der Waals surface area (Å²) >= 11 is 0. The minimum absolute atomic E-state index is 0.349. The number of pyridine rings is 1. The first-order chi connectivity index (χ1) is 20.5. The first-order valence-corrected chi connectivity index (χ1v) is 14.9. The number of rotatable bonds is 9. The van der Waals surface area contributed by atoms with E-state index in [4.69, 9.17) is 4.98 Å². The van der Waals surface area contributed by atoms with E-state index in [9.17, 15) is 0 Å². The number of hydrogen-bond donors (Lipinski definition) is 3. The lowest BCUT2D eigenvalue weighted by Gasteiger charge is -2.36. The lowest BCUT2D eigenvalue weighted by atomic mass is 9.91. The van der Waals surface area contributed by atoms with E-state index in [1.165, 1.54) is 38.5 Å². The predicted octanol–water partition coefficient (Wildman–Crippen LogP) is 6.61. The van der Waals surface area contributed by atoms with Gasteiger partial charge in [0.05, 0.1) is 42.9 Å². The molecule has 1 aliphatic heterocycles. The van der Waals surface area contributed by atoms with Crippen molar-refractivity contribution in [1.82, 2.24) is 39.7 Å². The monoisotopic (exact) mass is 558 g/mol. The highest BCUT2D eigenvalue weighted by Crippen LogP contribution is 2.38. The smallest absolute Gasteiger partial charge is 0.120 e. The molecule has 5 heterocycles. The number of aromatic amines is 3. The van der Waals surface area contributed by atoms with E-state index in [0.717, 1.165) is 62.1 Å². The maximum atomic E-state index is 4.78. The molecule has 8 nitrogen and oxygen atoms in total. The number of benzene rings is 2. The van der Waals surface area contributed by atoms with Gasteiger partial charge in [0.15, 0.2) is 0 Å². The van der Waals surface area contributed by atoms with Crippen molar-refractivity contribution in [2.45, 2.75) is 52.4 Å². The lowest BCUT2D eigenvalue weighted by molar-refractivity contribution is 0.148. The van der Waals surface area contributed by atoms with Gasteiger partial charge >= 0.3 is 0 Å². The highest BCUT2D eigenvalue weighted by Gasteiger charge is 2.31. The SMILES string of the molecule is CC(C)CC1c2[nH]c3ccccc3c2CCN1Cc1ncc(-c2cnc(CN(C)Cc3cccc4cnccc34)[nH]2)[nH]1. The summed E-state index contributed by atoms with van der Waals surface area (Å²) < 4.78 is 0. The standard InChI is InChI=1S/C34H38N8/c1-22(2)15-31-34-27(26-9-4-5-10-28(26)40-34)12-14-42(31)21-33-37-18-30(39-33)29-17-36-32(38-29)20-41(3)19-24-8-6-7-23-16-35-13-11-25(23)24/h4-11,13,16-18,22,31,40H,12,14-15,19-21H2,1-3H3,(H,36,38)(H,37,39). The van der Waals surface area contributed by atoms with Crippen LogP contribution in [0.1, 0.15) is 54.8 Å². The molecule has 1 atom stereocenters. The number of nitrogens with one attached hydrogen (secondary N) is 3. The molecule has 0 radical (unpaired) electrons. The van der Waals surface area contributed by atoms with E-state index in [2.05, 4.69) is 104 Å². The van der Waals surface area contributed by atoms with Crippen molar-refractivity contribution in [3.63, 3.8) is 0 Å². The van der Waals surface area contributed by atoms with Crippen molar-refractivity contribution in [1.29, 1.82) is 0 Å². The van der Waals surface area contributed by atoms with Gasteiger partial charge in [-0.2, -0.15) is 0 Å². The Morgan fingerprint density at radius 3 is 2.55 bits per heavy atom. The Labute approximate surface area is 246 Å². The van der Waals surface area contributed by atoms with Crippen LogP contribution in [-0.2, 0) is 26.1 Å². The number of imidazole rings is 2. The topological polar surface area (TPSA) is 92.5 Å². The van der Waals surface area contributed by atoms with E-state index in [1.54, 1.807) is 0 Å². The fourth-order valence-corrected chi connectivity index (χ4v) is 6.55. The molecule has 214 valence electrons. The van der Waals surface area contributed by atoms with Crippen molar-refractivity contribution < 1.29 is 0 Å². The average molecular weight is 559 g/mol. The molecule has 6 aromatic rings. The van der Waals surface area contributed by atoms with Crippen LogP contribution in [0.2, 0.25) is 0 Å². The number of H-pyrrole nitrogens is 3. The highest BCUT2D eigenvalue weighted by atomic mass is 15.2. The molecule has 0 aliphatic carbocycles. The minimum Gasteiger partial charge on any atom is -0.357 e. The van der Waals surface area contributed by atoms with Gasteiger partial charge in [0.1, 0.15) is 11.6 Å². The summed E-state index contributed by atoms with van der Waals surface area (Å²) in [7, 11) is 2.13. The van der Waals surface area contributed by atoms with Gasteiger partial charge in [-0.15, -0.1) is 0 Å². The summed E-state index contributed by atoms with van der Waals surface area (Å²) in [5, 5.41) is 3.78. The molecule has 42 heavy (non-hydrogen) atoms. The second-order valence-electron chi connectivity index (χ2n) is 12.1. The third kappa shape index (κ3) is 5.24. The molecule has 7 rings (SSSR count). The summed E-state index contributed by atoms with van der Waals surface area (Å²) in [5.41, 5.74) is 7.33. The van der Waals surface area contributed by atoms with E-state index in [0.29, 0.717) is 12.0 Å². The molecule has 0 amide bonds. The molecule has 1 aliphatic rings. The van der Waals surface area contributed by atoms with Gasteiger partial charge in [0.2, 0.25) is 0 Å². The summed E-state index contributed by atoms with van der Waals surface area (Å²) in [5.74, 6) is 2.52. The first kappa shape index (κ1) is 26.6. The minimum atomic E-state index is 0.349. The van der Waals surface area contributed by atoms with Crippen molar-refractivity contribution in [3.8, 4) is 11.4 Å². The van der Waals surface area contributed by atoms with Crippen LogP contribution in [0.25, 0.3) is 33.1 Å². The first-order valence-electron chi connectivity index (χ1n) is 14.9. The fourth-order valence-electron chi connectivity index (χ4n) is 6.55. The Bertz CT molecular complexity index is 1820. The lowest BCUT2D eigenvalue weighted by Crippen LogP contribution is -2.36. The van der Waals surface area contributed by atoms with Crippen molar-refractivity contribution in [2.24, 2.45) is 5.92 Å². The van der Waals surface area contributed by atoms with Crippen LogP contribution < -0.4 is 0 Å². The van der Waals surface area contributed by atoms with Gasteiger partial charge in [0.25, 0.3) is 0 Å². The highest BCUT2D eigenvalue weighted by molar-refractivity contribution is 5.85. The molecule has 0 bridgehead atoms. The third-order valence-electron chi connectivity index (χ3n) is 8.50. The molecule has 0 fully saturated rings. The summed E-state index contributed by atoms with van der Waals surface area (Å²) in [6, 6.07) is 17.5. The predicted molar refractivity (Wildman–Crippen MR) is 168 cm³/mol. The van der Waals surface area contributed by atoms with Crippen LogP contribution in [-0.4, -0.2) is 53.3 Å². The van der Waals surface area contributed by atoms with Crippen LogP contribution in [0.5, 0.6) is 0 Å². The van der Waals surface area contributed by atoms with Gasteiger partial charge in [-0.05, 0) is 54.5 Å². The quantitative estimate of drug-likeness (QED) is 0.186. The molecule has 1 unspecified atom stereocenters. The largest absolute Gasteiger partial charge is 0.357 e. The zero-order valence-corrected chi connectivity index (χ0v) is 24.6. The second-order valence-corrected chi connectivity index (χ2v) is 12.1. The van der Waals surface area contributed by atoms with Gasteiger partial charge in [-0.3, -0.25) is 14.8 Å². The molecule has 0 saturated heterocycles. The van der Waals surface area contributed by atoms with Crippen LogP contribution in [0.15, 0.2) is 73.3 Å². The number of fused-ring (bicyclic) bond motifs is 4. The van der Waals surface area contributed by atoms with Crippen molar-refractivity contribution in [3.05, 3.63) is 102 Å². The van der Waals surface area contributed by atoms with Crippen LogP contribution in [0, 0.1) is 5.92 Å². The number of aromatic nitrogens is 6. The average Bonchev–Trinajstić information content (AvgIpc) is 3.73. The van der Waals surface area contributed by atoms with Crippen molar-refractivity contribution >= 4 is 21.7 Å². The molecule has 4 aromatic heterocycles. The second kappa shape index (κ2) is 11.2. The Morgan fingerprint density at radius 1 is 0.881 bits per heavy atom. The maximum Gasteiger partial charge on any atom is 0.120 e. The Morgan fingerprint density at radius 2 is 1.69 bits per heavy atom. The Kier molecular flexibility index (Phi) is 7.09. The van der Waals surface area contributed by atoms with E-state index < -0.39 is 0 Å². The summed E-state index contributed by atoms with van der Waals surface area (Å²) in [6.07, 6.45) is 9.78. The van der Waals surface area contributed by atoms with E-state index >= 15 is 0 Å². The van der Waals surface area contributed by atoms with Gasteiger partial charge in [0, 0.05) is 47.5 Å². The Hall–Kier alpha value is -4.27. The molecule has 8 heteroatoms. The number of hydrogen-bond acceptors (Lipinski definition) is 5. The van der Waals surface area contributed by atoms with Crippen LogP contribution in [0.4, 0.5) is 0 Å². The molecule has 2 aromatic carbocycles. The third-order valence-corrected chi connectivity index (χ3v) is 8.50. The van der Waals surface area contributed by atoms with E-state index in [1.807, 2.05) is 24.8 Å². The van der Waals surface area contributed by atoms with Crippen LogP contribution in [0.3, 0.4) is 0 Å². The van der Waals surface area contributed by atoms with E-state index in [-0.39, 0.29) is 0 Å². The molecular formula is C34H38N8. The van der Waals surface area contributed by atoms with Crippen molar-refractivity contribution in [2.75, 3.05) is 13.6 Å². The number of nitrogens with zero attached hydrogens (tertiary/aromatic N) is 5. The summed E-state index contributed by atoms with van der Waals surface area (Å²) in [4.78, 5) is 29.4. The molecule has 0 saturated carbocycles. The molecular weight excluding hydrogens is 520 g/mol. The molecule has 3 N–H and O–H groups in total. The Balaban J connectivity index is 1.04. The summed E-state index contributed by atoms with van der Waals surface area (Å²) in [6.45, 7) is 7.99. The van der Waals surface area contributed by atoms with Gasteiger partial charge in [-0.1, -0.05) is 50.2 Å². The molecule has 0 spiro atoms. The zero-order chi connectivity index (χ0) is 28.6. The van der Waals surface area contributed by atoms with Crippen LogP contribution >= 0.6 is 0 Å². The zero-order valence-electron chi connectivity index (χ0n) is 24.6.